The molecule has 0 unspecified atom stereocenters. The first-order chi connectivity index (χ1) is 8.73. The molecule has 0 aromatic heterocycles. The Morgan fingerprint density at radius 1 is 1.32 bits per heavy atom. The molecule has 0 aliphatic rings. The molecule has 0 radical (unpaired) electrons. The molecule has 0 spiro atoms. The monoisotopic (exact) mass is 288 g/mol. The predicted octanol–water partition coefficient (Wildman–Crippen LogP) is 1.36. The summed E-state index contributed by atoms with van der Waals surface area (Å²) in [6.45, 7) is 1.19. The van der Waals surface area contributed by atoms with E-state index in [1.165, 1.54) is 38.3 Å². The van der Waals surface area contributed by atoms with Gasteiger partial charge < -0.3 is 14.0 Å². The smallest absolute Gasteiger partial charge is 0.446 e. The Morgan fingerprint density at radius 2 is 1.95 bits per heavy atom. The molecule has 0 bridgehead atoms. The number of ether oxygens (including phenoxy) is 1. The standard InChI is InChI=1S/C11H12O7S/c1-7(12)9(13)5-8-3-4-10(11(6-8)17-2)18-19(14,15)16/h3-6,13H,1-2H3,(H,14,15,16)/b9-5-. The number of ketones is 1. The Morgan fingerprint density at radius 3 is 2.42 bits per heavy atom. The van der Waals surface area contributed by atoms with Crippen molar-refractivity contribution in [2.45, 2.75) is 6.92 Å². The van der Waals surface area contributed by atoms with Gasteiger partial charge in [-0.1, -0.05) is 6.07 Å². The van der Waals surface area contributed by atoms with Crippen LogP contribution in [0.1, 0.15) is 12.5 Å². The Hall–Kier alpha value is -2.06. The number of methoxy groups -OCH3 is 1. The topological polar surface area (TPSA) is 110 Å². The largest absolute Gasteiger partial charge is 0.504 e. The molecule has 0 heterocycles. The third-order valence-corrected chi connectivity index (χ3v) is 2.44. The van der Waals surface area contributed by atoms with E-state index in [4.69, 9.17) is 9.29 Å². The molecule has 19 heavy (non-hydrogen) atoms. The number of aliphatic hydroxyl groups excluding tert-OH is 1. The molecule has 1 rings (SSSR count). The Bertz CT molecular complexity index is 616. The molecule has 0 saturated carbocycles. The molecule has 0 saturated heterocycles. The van der Waals surface area contributed by atoms with Crippen LogP contribution in [-0.4, -0.2) is 31.0 Å². The van der Waals surface area contributed by atoms with Crippen LogP contribution in [0.3, 0.4) is 0 Å². The van der Waals surface area contributed by atoms with E-state index in [1.54, 1.807) is 0 Å². The first-order valence-corrected chi connectivity index (χ1v) is 6.36. The minimum Gasteiger partial charge on any atom is -0.504 e. The molecular formula is C11H12O7S. The molecule has 1 aromatic carbocycles. The lowest BCUT2D eigenvalue weighted by Crippen LogP contribution is -2.07. The second kappa shape index (κ2) is 5.72. The van der Waals surface area contributed by atoms with Crippen molar-refractivity contribution < 1.29 is 31.8 Å². The van der Waals surface area contributed by atoms with Crippen molar-refractivity contribution >= 4 is 22.3 Å². The van der Waals surface area contributed by atoms with Gasteiger partial charge in [-0.05, 0) is 23.8 Å². The van der Waals surface area contributed by atoms with Gasteiger partial charge in [0.05, 0.1) is 7.11 Å². The van der Waals surface area contributed by atoms with Crippen molar-refractivity contribution in [1.29, 1.82) is 0 Å². The minimum atomic E-state index is -4.66. The second-order valence-corrected chi connectivity index (χ2v) is 4.53. The Kier molecular flexibility index (Phi) is 4.52. The van der Waals surface area contributed by atoms with Gasteiger partial charge in [-0.25, -0.2) is 0 Å². The lowest BCUT2D eigenvalue weighted by atomic mass is 10.1. The SMILES string of the molecule is COc1cc(/C=C(\O)C(C)=O)ccc1OS(=O)(=O)O. The van der Waals surface area contributed by atoms with Gasteiger partial charge in [0.25, 0.3) is 0 Å². The van der Waals surface area contributed by atoms with Crippen LogP contribution in [0.2, 0.25) is 0 Å². The summed E-state index contributed by atoms with van der Waals surface area (Å²) in [5.74, 6) is -1.17. The number of hydrogen-bond donors (Lipinski definition) is 2. The number of Topliss-reactive ketones (excluding diaryl/α,β-unsaturated/α-hetero) is 1. The molecule has 0 amide bonds. The average molecular weight is 288 g/mol. The fourth-order valence-corrected chi connectivity index (χ4v) is 1.58. The summed E-state index contributed by atoms with van der Waals surface area (Å²) in [5, 5.41) is 9.30. The highest BCUT2D eigenvalue weighted by atomic mass is 32.3. The summed E-state index contributed by atoms with van der Waals surface area (Å²) in [5.41, 5.74) is 0.396. The van der Waals surface area contributed by atoms with Crippen molar-refractivity contribution in [2.75, 3.05) is 7.11 Å². The maximum absolute atomic E-state index is 10.9. The third-order valence-electron chi connectivity index (χ3n) is 2.05. The van der Waals surface area contributed by atoms with Crippen LogP contribution in [-0.2, 0) is 15.2 Å². The summed E-state index contributed by atoms with van der Waals surface area (Å²) in [4.78, 5) is 10.9. The molecule has 0 aliphatic heterocycles. The van der Waals surface area contributed by atoms with Crippen LogP contribution >= 0.6 is 0 Å². The van der Waals surface area contributed by atoms with Crippen LogP contribution in [0.4, 0.5) is 0 Å². The lowest BCUT2D eigenvalue weighted by molar-refractivity contribution is -0.115. The summed E-state index contributed by atoms with van der Waals surface area (Å²) in [7, 11) is -3.39. The predicted molar refractivity (Wildman–Crippen MR) is 66.5 cm³/mol. The second-order valence-electron chi connectivity index (χ2n) is 3.51. The van der Waals surface area contributed by atoms with Gasteiger partial charge in [0.15, 0.2) is 23.0 Å². The van der Waals surface area contributed by atoms with Gasteiger partial charge in [-0.15, -0.1) is 0 Å². The van der Waals surface area contributed by atoms with Crippen molar-refractivity contribution in [3.63, 3.8) is 0 Å². The first kappa shape index (κ1) is 15.0. The van der Waals surface area contributed by atoms with Crippen LogP contribution in [0.5, 0.6) is 11.5 Å². The van der Waals surface area contributed by atoms with Gasteiger partial charge in [-0.3, -0.25) is 9.35 Å². The number of aliphatic hydroxyl groups is 1. The molecule has 7 nitrogen and oxygen atoms in total. The number of carbonyl (C=O) groups excluding carboxylic acids is 1. The van der Waals surface area contributed by atoms with E-state index in [0.717, 1.165) is 0 Å². The molecular weight excluding hydrogens is 276 g/mol. The zero-order valence-corrected chi connectivity index (χ0v) is 11.0. The molecule has 0 aliphatic carbocycles. The van der Waals surface area contributed by atoms with Crippen molar-refractivity contribution in [3.05, 3.63) is 29.5 Å². The normalized spacial score (nSPS) is 12.1. The van der Waals surface area contributed by atoms with E-state index in [2.05, 4.69) is 4.18 Å². The zero-order chi connectivity index (χ0) is 14.6. The number of hydrogen-bond acceptors (Lipinski definition) is 6. The van der Waals surface area contributed by atoms with E-state index < -0.39 is 21.9 Å². The Labute approximate surface area is 110 Å². The Balaban J connectivity index is 3.16. The summed E-state index contributed by atoms with van der Waals surface area (Å²) in [6, 6.07) is 3.92. The van der Waals surface area contributed by atoms with Crippen molar-refractivity contribution in [2.24, 2.45) is 0 Å². The summed E-state index contributed by atoms with van der Waals surface area (Å²) in [6.07, 6.45) is 1.18. The van der Waals surface area contributed by atoms with Crippen molar-refractivity contribution in [3.8, 4) is 11.5 Å². The molecule has 104 valence electrons. The van der Waals surface area contributed by atoms with Crippen LogP contribution in [0, 0.1) is 0 Å². The fraction of sp³-hybridized carbons (Fsp3) is 0.182. The molecule has 2 N–H and O–H groups in total. The number of carbonyl (C=O) groups is 1. The van der Waals surface area contributed by atoms with E-state index in [-0.39, 0.29) is 11.5 Å². The van der Waals surface area contributed by atoms with E-state index in [0.29, 0.717) is 5.56 Å². The van der Waals surface area contributed by atoms with Gasteiger partial charge >= 0.3 is 10.4 Å². The molecule has 0 atom stereocenters. The van der Waals surface area contributed by atoms with E-state index in [1.807, 2.05) is 0 Å². The highest BCUT2D eigenvalue weighted by Gasteiger charge is 2.13. The molecule has 8 heteroatoms. The number of allylic oxidation sites excluding steroid dienone is 1. The highest BCUT2D eigenvalue weighted by molar-refractivity contribution is 7.81. The number of benzene rings is 1. The lowest BCUT2D eigenvalue weighted by Gasteiger charge is -2.08. The summed E-state index contributed by atoms with van der Waals surface area (Å²) < 4.78 is 38.9. The average Bonchev–Trinajstić information content (AvgIpc) is 2.29. The third kappa shape index (κ3) is 4.60. The first-order valence-electron chi connectivity index (χ1n) is 4.99. The van der Waals surface area contributed by atoms with Gasteiger partial charge in [-0.2, -0.15) is 8.42 Å². The van der Waals surface area contributed by atoms with Gasteiger partial charge in [0.2, 0.25) is 0 Å². The summed E-state index contributed by atoms with van der Waals surface area (Å²) >= 11 is 0. The quantitative estimate of drug-likeness (QED) is 0.478. The fourth-order valence-electron chi connectivity index (χ4n) is 1.22. The maximum atomic E-state index is 10.9. The van der Waals surface area contributed by atoms with Crippen molar-refractivity contribution in [1.82, 2.24) is 0 Å². The van der Waals surface area contributed by atoms with Crippen LogP contribution < -0.4 is 8.92 Å². The van der Waals surface area contributed by atoms with Gasteiger partial charge in [0.1, 0.15) is 0 Å². The number of rotatable bonds is 5. The van der Waals surface area contributed by atoms with E-state index in [9.17, 15) is 18.3 Å². The van der Waals surface area contributed by atoms with Crippen LogP contribution in [0.25, 0.3) is 6.08 Å². The highest BCUT2D eigenvalue weighted by Crippen LogP contribution is 2.29. The van der Waals surface area contributed by atoms with Gasteiger partial charge in [0, 0.05) is 6.92 Å². The van der Waals surface area contributed by atoms with Crippen LogP contribution in [0.15, 0.2) is 24.0 Å². The molecule has 1 aromatic rings. The minimum absolute atomic E-state index is 0.0164. The van der Waals surface area contributed by atoms with E-state index >= 15 is 0 Å². The zero-order valence-electron chi connectivity index (χ0n) is 10.2. The maximum Gasteiger partial charge on any atom is 0.446 e. The molecule has 0 fully saturated rings.